The van der Waals surface area contributed by atoms with Crippen LogP contribution in [0.4, 0.5) is 5.69 Å². The minimum absolute atomic E-state index is 0.0326. The molecule has 0 aliphatic carbocycles. The van der Waals surface area contributed by atoms with Crippen LogP contribution in [-0.2, 0) is 14.3 Å². The maximum absolute atomic E-state index is 12.0. The molecule has 0 radical (unpaired) electrons. The van der Waals surface area contributed by atoms with Crippen molar-refractivity contribution < 1.29 is 23.8 Å². The van der Waals surface area contributed by atoms with E-state index in [4.69, 9.17) is 14.2 Å². The molecule has 0 saturated heterocycles. The molecule has 0 aliphatic rings. The van der Waals surface area contributed by atoms with Gasteiger partial charge in [0, 0.05) is 0 Å². The third-order valence-electron chi connectivity index (χ3n) is 3.56. The summed E-state index contributed by atoms with van der Waals surface area (Å²) in [7, 11) is 1.58. The van der Waals surface area contributed by atoms with Crippen LogP contribution in [-0.4, -0.2) is 40.9 Å². The number of aromatic nitrogens is 2. The normalized spacial score (nSPS) is 10.4. The van der Waals surface area contributed by atoms with Crippen LogP contribution in [0.25, 0.3) is 11.0 Å². The van der Waals surface area contributed by atoms with Gasteiger partial charge in [0.2, 0.25) is 0 Å². The molecule has 9 heteroatoms. The minimum Gasteiger partial charge on any atom is -0.497 e. The van der Waals surface area contributed by atoms with Gasteiger partial charge in [-0.3, -0.25) is 9.59 Å². The largest absolute Gasteiger partial charge is 0.497 e. The number of hydrogen-bond donors (Lipinski definition) is 1. The highest BCUT2D eigenvalue weighted by Gasteiger charge is 2.11. The van der Waals surface area contributed by atoms with E-state index in [0.29, 0.717) is 22.5 Å². The van der Waals surface area contributed by atoms with Crippen LogP contribution in [0, 0.1) is 0 Å². The van der Waals surface area contributed by atoms with E-state index in [-0.39, 0.29) is 19.6 Å². The molecule has 1 amide bonds. The van der Waals surface area contributed by atoms with Crippen LogP contribution in [0.5, 0.6) is 11.5 Å². The summed E-state index contributed by atoms with van der Waals surface area (Å²) in [6, 6.07) is 12.3. The predicted octanol–water partition coefficient (Wildman–Crippen LogP) is 2.65. The number of benzene rings is 2. The Hall–Kier alpha value is -3.20. The molecule has 0 spiro atoms. The first-order chi connectivity index (χ1) is 13.2. The number of nitrogens with one attached hydrogen (secondary N) is 1. The van der Waals surface area contributed by atoms with Gasteiger partial charge in [0.15, 0.2) is 6.61 Å². The third-order valence-corrected chi connectivity index (χ3v) is 4.10. The van der Waals surface area contributed by atoms with Crippen molar-refractivity contribution in [1.82, 2.24) is 8.75 Å². The van der Waals surface area contributed by atoms with Crippen LogP contribution in [0.1, 0.15) is 6.42 Å². The maximum Gasteiger partial charge on any atom is 0.309 e. The van der Waals surface area contributed by atoms with Crippen molar-refractivity contribution >= 4 is 40.3 Å². The Morgan fingerprint density at radius 1 is 1.07 bits per heavy atom. The van der Waals surface area contributed by atoms with E-state index >= 15 is 0 Å². The van der Waals surface area contributed by atoms with Gasteiger partial charge in [0.1, 0.15) is 22.5 Å². The Morgan fingerprint density at radius 3 is 2.63 bits per heavy atom. The summed E-state index contributed by atoms with van der Waals surface area (Å²) < 4.78 is 23.7. The quantitative estimate of drug-likeness (QED) is 0.593. The van der Waals surface area contributed by atoms with Crippen LogP contribution in [0.3, 0.4) is 0 Å². The lowest BCUT2D eigenvalue weighted by molar-refractivity contribution is -0.147. The molecule has 1 N–H and O–H groups in total. The summed E-state index contributed by atoms with van der Waals surface area (Å²) in [6.07, 6.45) is 0.0326. The SMILES string of the molecule is COc1ccc(OCCC(=O)OCC(=O)Nc2cccc3nsnc23)cc1. The predicted molar refractivity (Wildman–Crippen MR) is 100 cm³/mol. The molecule has 2 aromatic carbocycles. The monoisotopic (exact) mass is 387 g/mol. The highest BCUT2D eigenvalue weighted by molar-refractivity contribution is 7.00. The Morgan fingerprint density at radius 2 is 1.85 bits per heavy atom. The summed E-state index contributed by atoms with van der Waals surface area (Å²) in [5, 5.41) is 2.66. The first kappa shape index (κ1) is 18.6. The van der Waals surface area contributed by atoms with Crippen molar-refractivity contribution in [3.8, 4) is 11.5 Å². The lowest BCUT2D eigenvalue weighted by Gasteiger charge is -2.08. The summed E-state index contributed by atoms with van der Waals surface area (Å²) >= 11 is 1.06. The number of nitrogens with zero attached hydrogens (tertiary/aromatic N) is 2. The Balaban J connectivity index is 1.39. The summed E-state index contributed by atoms with van der Waals surface area (Å²) in [4.78, 5) is 23.7. The van der Waals surface area contributed by atoms with Gasteiger partial charge in [0.05, 0.1) is 37.6 Å². The van der Waals surface area contributed by atoms with Gasteiger partial charge in [0.25, 0.3) is 5.91 Å². The molecule has 1 heterocycles. The first-order valence-corrected chi connectivity index (χ1v) is 8.82. The van der Waals surface area contributed by atoms with E-state index in [1.165, 1.54) is 0 Å². The number of hydrogen-bond acceptors (Lipinski definition) is 8. The van der Waals surface area contributed by atoms with Crippen LogP contribution in [0.15, 0.2) is 42.5 Å². The van der Waals surface area contributed by atoms with E-state index in [0.717, 1.165) is 17.5 Å². The molecule has 140 valence electrons. The molecule has 3 aromatic rings. The van der Waals surface area contributed by atoms with Gasteiger partial charge in [-0.05, 0) is 36.4 Å². The van der Waals surface area contributed by atoms with Gasteiger partial charge in [-0.25, -0.2) is 0 Å². The summed E-state index contributed by atoms with van der Waals surface area (Å²) in [6.45, 7) is -0.230. The molecule has 3 rings (SSSR count). The second-order valence-electron chi connectivity index (χ2n) is 5.42. The molecule has 1 aromatic heterocycles. The number of amides is 1. The van der Waals surface area contributed by atoms with E-state index in [2.05, 4.69) is 14.1 Å². The van der Waals surface area contributed by atoms with Crippen LogP contribution >= 0.6 is 11.7 Å². The average molecular weight is 387 g/mol. The summed E-state index contributed by atoms with van der Waals surface area (Å²) in [5.74, 6) is 0.371. The standard InChI is InChI=1S/C18H17N3O5S/c1-24-12-5-7-13(8-6-12)25-10-9-17(23)26-11-16(22)19-14-3-2-4-15-18(14)21-27-20-15/h2-8H,9-11H2,1H3,(H,19,22). The Kier molecular flexibility index (Phi) is 6.16. The molecule has 0 aliphatic heterocycles. The zero-order valence-corrected chi connectivity index (χ0v) is 15.3. The van der Waals surface area contributed by atoms with Crippen molar-refractivity contribution in [1.29, 1.82) is 0 Å². The van der Waals surface area contributed by atoms with Crippen LogP contribution < -0.4 is 14.8 Å². The molecule has 0 bridgehead atoms. The van der Waals surface area contributed by atoms with Crippen molar-refractivity contribution in [2.45, 2.75) is 6.42 Å². The Bertz CT molecular complexity index is 926. The van der Waals surface area contributed by atoms with E-state index < -0.39 is 11.9 Å². The zero-order valence-electron chi connectivity index (χ0n) is 14.5. The second kappa shape index (κ2) is 8.95. The van der Waals surface area contributed by atoms with Crippen molar-refractivity contribution in [2.24, 2.45) is 0 Å². The van der Waals surface area contributed by atoms with Gasteiger partial charge in [-0.1, -0.05) is 6.07 Å². The molecule has 0 fully saturated rings. The number of rotatable bonds is 8. The molecule has 8 nitrogen and oxygen atoms in total. The molecular formula is C18H17N3O5S. The van der Waals surface area contributed by atoms with Gasteiger partial charge >= 0.3 is 5.97 Å². The second-order valence-corrected chi connectivity index (χ2v) is 5.95. The molecular weight excluding hydrogens is 370 g/mol. The van der Waals surface area contributed by atoms with Crippen molar-refractivity contribution in [3.05, 3.63) is 42.5 Å². The third kappa shape index (κ3) is 5.14. The zero-order chi connectivity index (χ0) is 19.1. The molecule has 27 heavy (non-hydrogen) atoms. The highest BCUT2D eigenvalue weighted by Crippen LogP contribution is 2.21. The fourth-order valence-electron chi connectivity index (χ4n) is 2.24. The topological polar surface area (TPSA) is 99.6 Å². The number of carbonyl (C=O) groups excluding carboxylic acids is 2. The van der Waals surface area contributed by atoms with E-state index in [1.807, 2.05) is 0 Å². The van der Waals surface area contributed by atoms with E-state index in [9.17, 15) is 9.59 Å². The maximum atomic E-state index is 12.0. The summed E-state index contributed by atoms with van der Waals surface area (Å²) in [5.41, 5.74) is 1.84. The number of esters is 1. The smallest absolute Gasteiger partial charge is 0.309 e. The van der Waals surface area contributed by atoms with Crippen molar-refractivity contribution in [3.63, 3.8) is 0 Å². The number of methoxy groups -OCH3 is 1. The number of ether oxygens (including phenoxy) is 3. The highest BCUT2D eigenvalue weighted by atomic mass is 32.1. The number of fused-ring (bicyclic) bond motifs is 1. The van der Waals surface area contributed by atoms with E-state index in [1.54, 1.807) is 49.6 Å². The fraction of sp³-hybridized carbons (Fsp3) is 0.222. The minimum atomic E-state index is -0.521. The molecule has 0 saturated carbocycles. The number of carbonyl (C=O) groups is 2. The lowest BCUT2D eigenvalue weighted by Crippen LogP contribution is -2.21. The van der Waals surface area contributed by atoms with Gasteiger partial charge < -0.3 is 19.5 Å². The Labute approximate surface area is 159 Å². The first-order valence-electron chi connectivity index (χ1n) is 8.09. The number of anilines is 1. The lowest BCUT2D eigenvalue weighted by atomic mass is 10.2. The van der Waals surface area contributed by atoms with Crippen molar-refractivity contribution in [2.75, 3.05) is 25.6 Å². The molecule has 0 unspecified atom stereocenters. The fourth-order valence-corrected chi connectivity index (χ4v) is 2.79. The van der Waals surface area contributed by atoms with Crippen LogP contribution in [0.2, 0.25) is 0 Å². The molecule has 0 atom stereocenters. The average Bonchev–Trinajstić information content (AvgIpc) is 3.17. The van der Waals surface area contributed by atoms with Gasteiger partial charge in [-0.15, -0.1) is 0 Å². The van der Waals surface area contributed by atoms with Gasteiger partial charge in [-0.2, -0.15) is 8.75 Å².